The maximum Gasteiger partial charge on any atom is 0.408 e. The fraction of sp³-hybridized carbons (Fsp3) is 0.429. The summed E-state index contributed by atoms with van der Waals surface area (Å²) in [4.78, 5) is 41.8. The number of carbonyl (C=O) groups excluding carboxylic acids is 2. The summed E-state index contributed by atoms with van der Waals surface area (Å²) in [6, 6.07) is 16.3. The molecule has 4 aromatic heterocycles. The lowest BCUT2D eigenvalue weighted by atomic mass is 9.96. The van der Waals surface area contributed by atoms with Crippen molar-refractivity contribution in [1.29, 1.82) is 0 Å². The molecule has 0 saturated carbocycles. The second-order valence-electron chi connectivity index (χ2n) is 18.2. The van der Waals surface area contributed by atoms with Crippen molar-refractivity contribution in [3.63, 3.8) is 0 Å². The van der Waals surface area contributed by atoms with Crippen LogP contribution in [0.3, 0.4) is 0 Å². The van der Waals surface area contributed by atoms with E-state index in [1.54, 1.807) is 46.6 Å². The van der Waals surface area contributed by atoms with Gasteiger partial charge in [0.2, 0.25) is 11.2 Å². The lowest BCUT2D eigenvalue weighted by Gasteiger charge is -2.24. The third-order valence-electron chi connectivity index (χ3n) is 10.4. The Bertz CT molecular complexity index is 2540. The smallest absolute Gasteiger partial charge is 0.408 e. The van der Waals surface area contributed by atoms with Crippen molar-refractivity contribution >= 4 is 53.7 Å². The van der Waals surface area contributed by atoms with Gasteiger partial charge in [0.15, 0.2) is 0 Å². The SMILES string of the molecule is CC(C)(C)OC(=O)NC1CCCCc2cc(-c3ccnc(Cl)n3)ccc21.CS.Cn1cc(N)cn1.Cn1cc(Nc2nccc(-c3ccc4c(c3)CCCCC4NC(=O)OC(C)(C)C)n2)cn1. The van der Waals surface area contributed by atoms with E-state index < -0.39 is 11.2 Å². The fourth-order valence-electron chi connectivity index (χ4n) is 7.61. The number of halogens is 1. The molecule has 4 heterocycles. The number of aromatic nitrogens is 8. The first-order valence-corrected chi connectivity index (χ1v) is 23.7. The Morgan fingerprint density at radius 3 is 1.63 bits per heavy atom. The first kappa shape index (κ1) is 51.8. The molecule has 5 N–H and O–H groups in total. The van der Waals surface area contributed by atoms with E-state index in [9.17, 15) is 9.59 Å². The van der Waals surface area contributed by atoms with Gasteiger partial charge in [0.25, 0.3) is 0 Å². The molecule has 0 spiro atoms. The molecule has 0 fully saturated rings. The van der Waals surface area contributed by atoms with Crippen LogP contribution in [-0.2, 0) is 36.4 Å². The third-order valence-corrected chi connectivity index (χ3v) is 10.5. The first-order valence-electron chi connectivity index (χ1n) is 22.4. The van der Waals surface area contributed by atoms with Gasteiger partial charge in [0, 0.05) is 50.0 Å². The molecule has 2 aliphatic carbocycles. The standard InChI is InChI=1S/C24H30N6O2.C20H24ClN3O2.C4H7N3.CH4S/c1-24(2,3)32-23(31)29-21-8-6-5-7-16-13-17(9-10-19(16)21)20-11-12-25-22(28-20)27-18-14-26-30(4)15-18;1-20(2,3)26-19(25)24-17-7-5-4-6-13-12-14(8-9-15(13)17)16-10-11-22-18(21)23-16;1-7-3-4(5)2-6-7;1-2/h9-15,21H,5-8H2,1-4H3,(H,29,31)(H,25,27,28);8-12,17H,4-7H2,1-3H3,(H,24,25);2-3H,5H2,1H3;2H,1H3. The number of hydrogen-bond donors (Lipinski definition) is 5. The molecule has 2 atom stereocenters. The molecule has 18 heteroatoms. The lowest BCUT2D eigenvalue weighted by Crippen LogP contribution is -2.35. The van der Waals surface area contributed by atoms with Crippen molar-refractivity contribution in [3.05, 3.63) is 113 Å². The van der Waals surface area contributed by atoms with Crippen LogP contribution in [0.15, 0.2) is 85.7 Å². The van der Waals surface area contributed by atoms with Crippen molar-refractivity contribution in [2.24, 2.45) is 14.1 Å². The van der Waals surface area contributed by atoms with Crippen molar-refractivity contribution in [2.45, 2.75) is 116 Å². The number of thiol groups is 1. The minimum absolute atomic E-state index is 0.0367. The second kappa shape index (κ2) is 24.0. The monoisotopic (exact) mass is 952 g/mol. The van der Waals surface area contributed by atoms with Gasteiger partial charge in [0.05, 0.1) is 47.2 Å². The van der Waals surface area contributed by atoms with Crippen LogP contribution in [0.4, 0.5) is 26.9 Å². The molecule has 0 saturated heterocycles. The number of amides is 2. The maximum absolute atomic E-state index is 12.4. The maximum atomic E-state index is 12.4. The number of nitrogens with zero attached hydrogens (tertiary/aromatic N) is 8. The largest absolute Gasteiger partial charge is 0.444 e. The molecule has 0 bridgehead atoms. The minimum atomic E-state index is -0.518. The predicted molar refractivity (Wildman–Crippen MR) is 268 cm³/mol. The number of hydrogen-bond acceptors (Lipinski definition) is 13. The number of nitrogen functional groups attached to an aromatic ring is 1. The van der Waals surface area contributed by atoms with Crippen molar-refractivity contribution in [3.8, 4) is 22.5 Å². The zero-order valence-corrected chi connectivity index (χ0v) is 41.7. The Labute approximate surface area is 404 Å². The third kappa shape index (κ3) is 16.6. The molecule has 2 amide bonds. The zero-order valence-electron chi connectivity index (χ0n) is 40.0. The first-order chi connectivity index (χ1) is 31.9. The summed E-state index contributed by atoms with van der Waals surface area (Å²) in [5, 5.41) is 17.5. The average molecular weight is 954 g/mol. The molecule has 2 aromatic carbocycles. The van der Waals surface area contributed by atoms with Gasteiger partial charge in [-0.1, -0.05) is 37.1 Å². The number of nitrogens with two attached hydrogens (primary N) is 1. The highest BCUT2D eigenvalue weighted by molar-refractivity contribution is 7.79. The highest BCUT2D eigenvalue weighted by Crippen LogP contribution is 2.34. The van der Waals surface area contributed by atoms with E-state index in [0.717, 1.165) is 90.7 Å². The average Bonchev–Trinajstić information content (AvgIpc) is 3.72. The van der Waals surface area contributed by atoms with E-state index in [1.807, 2.05) is 80.0 Å². The number of fused-ring (bicyclic) bond motifs is 2. The molecule has 2 unspecified atom stereocenters. The van der Waals surface area contributed by atoms with Crippen LogP contribution in [0.2, 0.25) is 5.28 Å². The highest BCUT2D eigenvalue weighted by atomic mass is 35.5. The van der Waals surface area contributed by atoms with E-state index in [1.165, 1.54) is 11.1 Å². The topological polar surface area (TPSA) is 202 Å². The molecule has 16 nitrogen and oxygen atoms in total. The summed E-state index contributed by atoms with van der Waals surface area (Å²) >= 11 is 9.44. The van der Waals surface area contributed by atoms with Gasteiger partial charge in [-0.3, -0.25) is 9.36 Å². The van der Waals surface area contributed by atoms with Crippen LogP contribution in [0.25, 0.3) is 22.5 Å². The van der Waals surface area contributed by atoms with Gasteiger partial charge in [0.1, 0.15) is 11.2 Å². The van der Waals surface area contributed by atoms with Crippen LogP contribution in [-0.4, -0.2) is 69.1 Å². The number of ether oxygens (including phenoxy) is 2. The summed E-state index contributed by atoms with van der Waals surface area (Å²) in [5.41, 5.74) is 14.3. The van der Waals surface area contributed by atoms with Gasteiger partial charge >= 0.3 is 12.2 Å². The van der Waals surface area contributed by atoms with Gasteiger partial charge < -0.3 is 31.2 Å². The Balaban J connectivity index is 0.000000215. The summed E-state index contributed by atoms with van der Waals surface area (Å²) in [5.74, 6) is 0.523. The number of nitrogens with one attached hydrogen (secondary N) is 3. The Morgan fingerprint density at radius 2 is 1.19 bits per heavy atom. The van der Waals surface area contributed by atoms with E-state index in [-0.39, 0.29) is 29.6 Å². The van der Waals surface area contributed by atoms with Crippen molar-refractivity contribution < 1.29 is 19.1 Å². The molecule has 2 aliphatic rings. The van der Waals surface area contributed by atoms with Crippen molar-refractivity contribution in [1.82, 2.24) is 50.1 Å². The van der Waals surface area contributed by atoms with E-state index in [2.05, 4.69) is 89.0 Å². The molecule has 358 valence electrons. The number of benzene rings is 2. The predicted octanol–water partition coefficient (Wildman–Crippen LogP) is 10.6. The van der Waals surface area contributed by atoms with Gasteiger partial charge in [-0.25, -0.2) is 29.5 Å². The number of alkyl carbamates (subject to hydrolysis) is 2. The zero-order chi connectivity index (χ0) is 48.7. The normalized spacial score (nSPS) is 15.4. The quantitative estimate of drug-likeness (QED) is 0.0602. The molecular weight excluding hydrogens is 888 g/mol. The second-order valence-corrected chi connectivity index (χ2v) is 18.5. The summed E-state index contributed by atoms with van der Waals surface area (Å²) < 4.78 is 14.3. The Hall–Kier alpha value is -6.20. The number of aryl methyl sites for hydroxylation is 4. The number of rotatable bonds is 6. The van der Waals surface area contributed by atoms with E-state index in [0.29, 0.717) is 11.6 Å². The molecular formula is C49H65ClN12O4S. The number of anilines is 3. The van der Waals surface area contributed by atoms with Crippen LogP contribution >= 0.6 is 24.2 Å². The highest BCUT2D eigenvalue weighted by Gasteiger charge is 2.26. The van der Waals surface area contributed by atoms with Crippen LogP contribution in [0.5, 0.6) is 0 Å². The molecule has 67 heavy (non-hydrogen) atoms. The van der Waals surface area contributed by atoms with E-state index >= 15 is 0 Å². The molecule has 6 aromatic rings. The Kier molecular flexibility index (Phi) is 18.6. The molecule has 8 rings (SSSR count). The van der Waals surface area contributed by atoms with Gasteiger partial charge in [-0.2, -0.15) is 22.8 Å². The fourth-order valence-corrected chi connectivity index (χ4v) is 7.76. The minimum Gasteiger partial charge on any atom is -0.444 e. The van der Waals surface area contributed by atoms with Crippen molar-refractivity contribution in [2.75, 3.05) is 17.3 Å². The van der Waals surface area contributed by atoms with Crippen LogP contribution in [0, 0.1) is 0 Å². The van der Waals surface area contributed by atoms with Gasteiger partial charge in [-0.05, 0) is 144 Å². The molecule has 0 radical (unpaired) electrons. The lowest BCUT2D eigenvalue weighted by molar-refractivity contribution is 0.0489. The van der Waals surface area contributed by atoms with Gasteiger partial charge in [-0.15, -0.1) is 0 Å². The Morgan fingerprint density at radius 1 is 0.701 bits per heavy atom. The summed E-state index contributed by atoms with van der Waals surface area (Å²) in [7, 11) is 3.69. The van der Waals surface area contributed by atoms with Crippen LogP contribution < -0.4 is 21.7 Å². The van der Waals surface area contributed by atoms with Crippen LogP contribution in [0.1, 0.15) is 114 Å². The number of carbonyl (C=O) groups is 2. The van der Waals surface area contributed by atoms with E-state index in [4.69, 9.17) is 26.8 Å². The molecule has 0 aliphatic heterocycles. The summed E-state index contributed by atoms with van der Waals surface area (Å²) in [6.07, 6.45) is 19.4. The summed E-state index contributed by atoms with van der Waals surface area (Å²) in [6.45, 7) is 11.2.